The molecule has 0 spiro atoms. The number of aliphatic hydroxyl groups is 1. The number of imide groups is 1. The molecule has 5 amide bonds. The minimum absolute atomic E-state index is 0.0130. The van der Waals surface area contributed by atoms with Crippen LogP contribution in [0, 0.1) is 11.8 Å². The molecule has 296 valence electrons. The molecule has 0 radical (unpaired) electrons. The average Bonchev–Trinajstić information content (AvgIpc) is 3.90. The van der Waals surface area contributed by atoms with E-state index in [0.717, 1.165) is 47.5 Å². The van der Waals surface area contributed by atoms with Gasteiger partial charge >= 0.3 is 6.03 Å². The summed E-state index contributed by atoms with van der Waals surface area (Å²) in [7, 11) is -4.11. The summed E-state index contributed by atoms with van der Waals surface area (Å²) < 4.78 is 29.6. The summed E-state index contributed by atoms with van der Waals surface area (Å²) in [6, 6.07) is 12.4. The lowest BCUT2D eigenvalue weighted by molar-refractivity contribution is -0.129. The number of oxime groups is 1. The first kappa shape index (κ1) is 41.5. The molecular weight excluding hydrogens is 747 g/mol. The number of rotatable bonds is 18. The number of anilines is 1. The zero-order chi connectivity index (χ0) is 39.7. The van der Waals surface area contributed by atoms with Crippen LogP contribution < -0.4 is 10.6 Å². The molecule has 1 aliphatic carbocycles. The molecule has 4 atom stereocenters. The summed E-state index contributed by atoms with van der Waals surface area (Å²) >= 11 is 1.16. The standard InChI is InChI=1S/C38H49N7O8S2/c1-4-25(2)35(45-23-34(48)44(38(45)50)21-30-24-54-37(41-30)40-26(3)46)36(49)42-32(18-27-10-6-5-7-11-27)33(47)22-43(20-29-12-8-9-13-29)55(52,53)31-16-14-28(15-17-31)19-39-51/h5-7,10-11,14-17,19,24-25,29,32-33,35,47,51H,4,8-9,12-13,18,20-23H2,1-3H3,(H,42,49)(H,40,41,46)/t25-,32-,33-,35-/m0/s1. The Labute approximate surface area is 325 Å². The van der Waals surface area contributed by atoms with Crippen molar-refractivity contribution in [2.75, 3.05) is 25.0 Å². The van der Waals surface area contributed by atoms with Crippen LogP contribution in [0.3, 0.4) is 0 Å². The highest BCUT2D eigenvalue weighted by molar-refractivity contribution is 7.89. The normalized spacial score (nSPS) is 17.5. The van der Waals surface area contributed by atoms with Gasteiger partial charge in [-0.15, -0.1) is 11.3 Å². The summed E-state index contributed by atoms with van der Waals surface area (Å²) in [6.45, 7) is 4.42. The summed E-state index contributed by atoms with van der Waals surface area (Å²) in [6.07, 6.45) is 4.15. The van der Waals surface area contributed by atoms with Gasteiger partial charge in [-0.1, -0.05) is 80.7 Å². The number of nitrogens with zero attached hydrogens (tertiary/aromatic N) is 5. The minimum atomic E-state index is -4.11. The molecule has 1 saturated carbocycles. The maximum absolute atomic E-state index is 14.4. The number of benzene rings is 2. The number of hydrogen-bond donors (Lipinski definition) is 4. The van der Waals surface area contributed by atoms with Gasteiger partial charge in [0.1, 0.15) is 12.6 Å². The van der Waals surface area contributed by atoms with Crippen molar-refractivity contribution >= 4 is 56.5 Å². The van der Waals surface area contributed by atoms with Gasteiger partial charge in [-0.05, 0) is 54.4 Å². The van der Waals surface area contributed by atoms with Crippen molar-refractivity contribution in [2.24, 2.45) is 17.0 Å². The van der Waals surface area contributed by atoms with Crippen LogP contribution in [0.4, 0.5) is 9.93 Å². The number of nitrogens with one attached hydrogen (secondary N) is 2. The van der Waals surface area contributed by atoms with E-state index in [-0.39, 0.29) is 49.3 Å². The van der Waals surface area contributed by atoms with Gasteiger partial charge in [0.05, 0.1) is 35.5 Å². The molecule has 1 aliphatic heterocycles. The number of hydrogen-bond acceptors (Lipinski definition) is 11. The quantitative estimate of drug-likeness (QED) is 0.0634. The first-order valence-corrected chi connectivity index (χ1v) is 20.8. The highest BCUT2D eigenvalue weighted by atomic mass is 32.2. The van der Waals surface area contributed by atoms with Gasteiger partial charge in [-0.2, -0.15) is 4.31 Å². The van der Waals surface area contributed by atoms with E-state index in [1.165, 1.54) is 46.6 Å². The first-order chi connectivity index (χ1) is 26.3. The third-order valence-electron chi connectivity index (χ3n) is 10.2. The fourth-order valence-corrected chi connectivity index (χ4v) is 9.34. The Balaban J connectivity index is 1.40. The second-order valence-electron chi connectivity index (χ2n) is 14.2. The summed E-state index contributed by atoms with van der Waals surface area (Å²) in [5, 5.41) is 31.4. The number of amides is 5. The van der Waals surface area contributed by atoms with E-state index in [2.05, 4.69) is 20.8 Å². The Morgan fingerprint density at radius 1 is 1.11 bits per heavy atom. The fourth-order valence-electron chi connectivity index (χ4n) is 7.06. The van der Waals surface area contributed by atoms with Crippen molar-refractivity contribution in [2.45, 2.75) is 88.9 Å². The van der Waals surface area contributed by atoms with E-state index in [0.29, 0.717) is 22.8 Å². The third-order valence-corrected chi connectivity index (χ3v) is 12.8. The van der Waals surface area contributed by atoms with E-state index >= 15 is 0 Å². The molecule has 2 aromatic carbocycles. The predicted octanol–water partition coefficient (Wildman–Crippen LogP) is 4.06. The van der Waals surface area contributed by atoms with Crippen LogP contribution in [0.5, 0.6) is 0 Å². The van der Waals surface area contributed by atoms with Crippen molar-refractivity contribution in [3.63, 3.8) is 0 Å². The van der Waals surface area contributed by atoms with E-state index in [1.807, 2.05) is 37.3 Å². The number of thiazole rings is 1. The molecule has 1 aromatic heterocycles. The fraction of sp³-hybridized carbons (Fsp3) is 0.474. The Hall–Kier alpha value is -4.71. The maximum Gasteiger partial charge on any atom is 0.328 e. The van der Waals surface area contributed by atoms with Crippen LogP contribution >= 0.6 is 11.3 Å². The maximum atomic E-state index is 14.4. The van der Waals surface area contributed by atoms with Crippen LogP contribution in [0.1, 0.15) is 69.7 Å². The molecule has 4 N–H and O–H groups in total. The van der Waals surface area contributed by atoms with Crippen LogP contribution in [0.2, 0.25) is 0 Å². The number of aliphatic hydroxyl groups excluding tert-OH is 1. The van der Waals surface area contributed by atoms with Crippen molar-refractivity contribution in [3.05, 3.63) is 76.8 Å². The molecule has 15 nitrogen and oxygen atoms in total. The molecule has 5 rings (SSSR count). The molecule has 1 saturated heterocycles. The Morgan fingerprint density at radius 3 is 2.44 bits per heavy atom. The van der Waals surface area contributed by atoms with Crippen LogP contribution in [0.25, 0.3) is 0 Å². The summed E-state index contributed by atoms with van der Waals surface area (Å²) in [5.41, 5.74) is 1.70. The summed E-state index contributed by atoms with van der Waals surface area (Å²) in [5.74, 6) is -1.68. The SMILES string of the molecule is CC[C@H](C)[C@@H](C(=O)N[C@@H](Cc1ccccc1)[C@@H](O)CN(CC1CCCC1)S(=O)(=O)c1ccc(C=NO)cc1)N1CC(=O)N(Cc2csc(NC(C)=O)n2)C1=O. The predicted molar refractivity (Wildman–Crippen MR) is 207 cm³/mol. The Morgan fingerprint density at radius 2 is 1.80 bits per heavy atom. The lowest BCUT2D eigenvalue weighted by Crippen LogP contribution is -2.57. The summed E-state index contributed by atoms with van der Waals surface area (Å²) in [4.78, 5) is 59.4. The van der Waals surface area contributed by atoms with E-state index in [1.54, 1.807) is 12.3 Å². The van der Waals surface area contributed by atoms with Crippen molar-refractivity contribution < 1.29 is 37.9 Å². The minimum Gasteiger partial charge on any atom is -0.411 e. The second-order valence-corrected chi connectivity index (χ2v) is 17.0. The van der Waals surface area contributed by atoms with E-state index in [4.69, 9.17) is 5.21 Å². The van der Waals surface area contributed by atoms with Crippen molar-refractivity contribution in [3.8, 4) is 0 Å². The smallest absolute Gasteiger partial charge is 0.328 e. The van der Waals surface area contributed by atoms with Gasteiger partial charge in [-0.25, -0.2) is 18.2 Å². The zero-order valence-corrected chi connectivity index (χ0v) is 32.8. The van der Waals surface area contributed by atoms with Gasteiger partial charge in [0.25, 0.3) is 5.91 Å². The van der Waals surface area contributed by atoms with Crippen molar-refractivity contribution in [1.29, 1.82) is 0 Å². The number of sulfonamides is 1. The molecule has 2 aliphatic rings. The molecule has 2 heterocycles. The molecule has 3 aromatic rings. The lowest BCUT2D eigenvalue weighted by atomic mass is 9.95. The van der Waals surface area contributed by atoms with Crippen LogP contribution in [0.15, 0.2) is 70.0 Å². The highest BCUT2D eigenvalue weighted by Gasteiger charge is 2.45. The topological polar surface area (TPSA) is 202 Å². The van der Waals surface area contributed by atoms with Gasteiger partial charge in [-0.3, -0.25) is 19.3 Å². The lowest BCUT2D eigenvalue weighted by Gasteiger charge is -2.34. The molecule has 0 bridgehead atoms. The number of urea groups is 1. The molecule has 2 fully saturated rings. The van der Waals surface area contributed by atoms with E-state index in [9.17, 15) is 32.7 Å². The second kappa shape index (κ2) is 18.8. The van der Waals surface area contributed by atoms with Gasteiger partial charge in [0.15, 0.2) is 5.13 Å². The number of carbonyl (C=O) groups excluding carboxylic acids is 4. The molecular formula is C38H49N7O8S2. The number of carbonyl (C=O) groups is 4. The largest absolute Gasteiger partial charge is 0.411 e. The van der Waals surface area contributed by atoms with Crippen molar-refractivity contribution in [1.82, 2.24) is 24.4 Å². The van der Waals surface area contributed by atoms with Crippen LogP contribution in [-0.4, -0.2) is 106 Å². The molecule has 55 heavy (non-hydrogen) atoms. The average molecular weight is 796 g/mol. The van der Waals surface area contributed by atoms with Crippen LogP contribution in [-0.2, 0) is 37.4 Å². The Kier molecular flexibility index (Phi) is 14.1. The third kappa shape index (κ3) is 10.5. The molecule has 0 unspecified atom stereocenters. The van der Waals surface area contributed by atoms with Gasteiger partial charge < -0.3 is 25.8 Å². The number of aromatic nitrogens is 1. The van der Waals surface area contributed by atoms with E-state index < -0.39 is 52.0 Å². The van der Waals surface area contributed by atoms with Gasteiger partial charge in [0.2, 0.25) is 21.8 Å². The zero-order valence-electron chi connectivity index (χ0n) is 31.2. The van der Waals surface area contributed by atoms with Gasteiger partial charge in [0, 0.05) is 25.4 Å². The Bertz CT molecular complexity index is 1930. The highest BCUT2D eigenvalue weighted by Crippen LogP contribution is 2.29. The first-order valence-electron chi connectivity index (χ1n) is 18.4. The molecule has 17 heteroatoms. The monoisotopic (exact) mass is 795 g/mol.